The molecule has 0 fully saturated rings. The topological polar surface area (TPSA) is 117 Å². The Labute approximate surface area is 122 Å². The lowest BCUT2D eigenvalue weighted by Crippen LogP contribution is -2.25. The van der Waals surface area contributed by atoms with Crippen LogP contribution in [0.5, 0.6) is 5.75 Å². The number of thioether (sulfide) groups is 1. The first-order valence-corrected chi connectivity index (χ1v) is 6.83. The van der Waals surface area contributed by atoms with Crippen LogP contribution in [0.2, 0.25) is 0 Å². The second kappa shape index (κ2) is 6.75. The van der Waals surface area contributed by atoms with Crippen LogP contribution in [-0.2, 0) is 4.79 Å². The standard InChI is InChI=1S/C12H12N4O4S/c1-20-8-4-2-7(3-5-8)13-9(17)6-21-11-10(18)14-12(19)16-15-11/h2-5H,6H2,1H3,(H,13,17)(H2,14,16,18,19). The number of benzene rings is 1. The zero-order chi connectivity index (χ0) is 15.2. The molecule has 0 aliphatic heterocycles. The summed E-state index contributed by atoms with van der Waals surface area (Å²) in [7, 11) is 1.55. The number of ether oxygens (including phenoxy) is 1. The Morgan fingerprint density at radius 3 is 2.67 bits per heavy atom. The van der Waals surface area contributed by atoms with Crippen LogP contribution in [0.3, 0.4) is 0 Å². The molecule has 1 aromatic heterocycles. The van der Waals surface area contributed by atoms with Gasteiger partial charge in [-0.2, -0.15) is 5.10 Å². The number of anilines is 1. The quantitative estimate of drug-likeness (QED) is 0.679. The second-order valence-electron chi connectivity index (χ2n) is 3.88. The maximum atomic E-state index is 11.7. The van der Waals surface area contributed by atoms with Gasteiger partial charge >= 0.3 is 5.69 Å². The molecule has 1 heterocycles. The number of rotatable bonds is 5. The Hall–Kier alpha value is -2.55. The Morgan fingerprint density at radius 1 is 1.33 bits per heavy atom. The summed E-state index contributed by atoms with van der Waals surface area (Å²) in [5, 5.41) is 8.36. The van der Waals surface area contributed by atoms with Gasteiger partial charge in [0, 0.05) is 5.69 Å². The lowest BCUT2D eigenvalue weighted by molar-refractivity contribution is -0.113. The van der Waals surface area contributed by atoms with Gasteiger partial charge in [0.1, 0.15) is 5.75 Å². The van der Waals surface area contributed by atoms with Gasteiger partial charge in [-0.1, -0.05) is 11.8 Å². The maximum Gasteiger partial charge on any atom is 0.342 e. The number of aromatic amines is 2. The number of nitrogens with zero attached hydrogens (tertiary/aromatic N) is 1. The van der Waals surface area contributed by atoms with Crippen LogP contribution in [0, 0.1) is 0 Å². The van der Waals surface area contributed by atoms with Gasteiger partial charge in [0.25, 0.3) is 5.56 Å². The van der Waals surface area contributed by atoms with Crippen molar-refractivity contribution >= 4 is 23.4 Å². The molecule has 2 aromatic rings. The second-order valence-corrected chi connectivity index (χ2v) is 4.84. The molecule has 8 nitrogen and oxygen atoms in total. The largest absolute Gasteiger partial charge is 0.497 e. The lowest BCUT2D eigenvalue weighted by atomic mass is 10.3. The molecule has 0 radical (unpaired) electrons. The zero-order valence-corrected chi connectivity index (χ0v) is 11.8. The predicted octanol–water partition coefficient (Wildman–Crippen LogP) is 0.198. The first-order chi connectivity index (χ1) is 10.1. The van der Waals surface area contributed by atoms with Crippen LogP contribution >= 0.6 is 11.8 Å². The molecule has 3 N–H and O–H groups in total. The highest BCUT2D eigenvalue weighted by atomic mass is 32.2. The van der Waals surface area contributed by atoms with Crippen molar-refractivity contribution in [3.63, 3.8) is 0 Å². The molecule has 21 heavy (non-hydrogen) atoms. The fourth-order valence-corrected chi connectivity index (χ4v) is 2.07. The van der Waals surface area contributed by atoms with Gasteiger partial charge in [-0.3, -0.25) is 14.6 Å². The molecule has 1 amide bonds. The van der Waals surface area contributed by atoms with Crippen molar-refractivity contribution < 1.29 is 9.53 Å². The summed E-state index contributed by atoms with van der Waals surface area (Å²) < 4.78 is 5.01. The fourth-order valence-electron chi connectivity index (χ4n) is 1.44. The highest BCUT2D eigenvalue weighted by Gasteiger charge is 2.08. The first kappa shape index (κ1) is 14.9. The minimum absolute atomic E-state index is 0.00580. The van der Waals surface area contributed by atoms with E-state index in [2.05, 4.69) is 15.5 Å². The number of hydrogen-bond donors (Lipinski definition) is 3. The summed E-state index contributed by atoms with van der Waals surface area (Å²) >= 11 is 0.929. The van der Waals surface area contributed by atoms with Gasteiger partial charge in [-0.15, -0.1) is 0 Å². The van der Waals surface area contributed by atoms with E-state index in [0.29, 0.717) is 11.4 Å². The molecule has 2 rings (SSSR count). The van der Waals surface area contributed by atoms with Crippen LogP contribution < -0.4 is 21.3 Å². The van der Waals surface area contributed by atoms with E-state index in [9.17, 15) is 14.4 Å². The molecule has 0 spiro atoms. The van der Waals surface area contributed by atoms with E-state index in [0.717, 1.165) is 11.8 Å². The summed E-state index contributed by atoms with van der Waals surface area (Å²) in [6, 6.07) is 6.84. The molecular weight excluding hydrogens is 296 g/mol. The van der Waals surface area contributed by atoms with Gasteiger partial charge in [-0.25, -0.2) is 9.89 Å². The van der Waals surface area contributed by atoms with Crippen molar-refractivity contribution in [2.75, 3.05) is 18.2 Å². The van der Waals surface area contributed by atoms with Crippen molar-refractivity contribution in [3.8, 4) is 5.75 Å². The molecule has 0 saturated heterocycles. The Kier molecular flexibility index (Phi) is 4.77. The Balaban J connectivity index is 1.92. The van der Waals surface area contributed by atoms with Crippen molar-refractivity contribution in [3.05, 3.63) is 45.1 Å². The van der Waals surface area contributed by atoms with Gasteiger partial charge in [-0.05, 0) is 24.3 Å². The average Bonchev–Trinajstić information content (AvgIpc) is 2.47. The summed E-state index contributed by atoms with van der Waals surface area (Å²) in [5.74, 6) is 0.387. The van der Waals surface area contributed by atoms with Crippen molar-refractivity contribution in [2.45, 2.75) is 5.03 Å². The summed E-state index contributed by atoms with van der Waals surface area (Å²) in [6.45, 7) is 0. The molecule has 0 aliphatic carbocycles. The number of amides is 1. The normalized spacial score (nSPS) is 10.1. The number of carbonyl (C=O) groups excluding carboxylic acids is 1. The monoisotopic (exact) mass is 308 g/mol. The molecular formula is C12H12N4O4S. The molecule has 0 unspecified atom stereocenters. The van der Waals surface area contributed by atoms with Gasteiger partial charge in [0.05, 0.1) is 12.9 Å². The summed E-state index contributed by atoms with van der Waals surface area (Å²) in [6.07, 6.45) is 0. The summed E-state index contributed by atoms with van der Waals surface area (Å²) in [5.41, 5.74) is -0.697. The van der Waals surface area contributed by atoms with Crippen molar-refractivity contribution in [1.82, 2.24) is 15.2 Å². The van der Waals surface area contributed by atoms with E-state index in [4.69, 9.17) is 4.74 Å². The van der Waals surface area contributed by atoms with E-state index >= 15 is 0 Å². The molecule has 9 heteroatoms. The van der Waals surface area contributed by atoms with Gasteiger partial charge < -0.3 is 10.1 Å². The SMILES string of the molecule is COc1ccc(NC(=O)CSc2n[nH]c(=O)[nH]c2=O)cc1. The fraction of sp³-hybridized carbons (Fsp3) is 0.167. The van der Waals surface area contributed by atoms with E-state index in [1.54, 1.807) is 31.4 Å². The third kappa shape index (κ3) is 4.21. The Bertz CT molecular complexity index is 738. The smallest absolute Gasteiger partial charge is 0.342 e. The molecule has 0 atom stereocenters. The predicted molar refractivity (Wildman–Crippen MR) is 77.8 cm³/mol. The number of methoxy groups -OCH3 is 1. The summed E-state index contributed by atoms with van der Waals surface area (Å²) in [4.78, 5) is 36.0. The molecule has 0 saturated carbocycles. The van der Waals surface area contributed by atoms with Crippen LogP contribution in [0.25, 0.3) is 0 Å². The average molecular weight is 308 g/mol. The third-order valence-electron chi connectivity index (χ3n) is 2.39. The minimum atomic E-state index is -0.688. The van der Waals surface area contributed by atoms with E-state index in [-0.39, 0.29) is 16.7 Å². The van der Waals surface area contributed by atoms with Crippen molar-refractivity contribution in [1.29, 1.82) is 0 Å². The number of hydrogen-bond acceptors (Lipinski definition) is 6. The molecule has 110 valence electrons. The lowest BCUT2D eigenvalue weighted by Gasteiger charge is -2.05. The number of aromatic nitrogens is 3. The van der Waals surface area contributed by atoms with E-state index in [1.807, 2.05) is 4.98 Å². The van der Waals surface area contributed by atoms with Crippen LogP contribution in [0.4, 0.5) is 5.69 Å². The van der Waals surface area contributed by atoms with Crippen LogP contribution in [0.1, 0.15) is 0 Å². The maximum absolute atomic E-state index is 11.7. The number of nitrogens with one attached hydrogen (secondary N) is 3. The number of carbonyl (C=O) groups is 1. The van der Waals surface area contributed by atoms with Gasteiger partial charge in [0.15, 0.2) is 5.03 Å². The highest BCUT2D eigenvalue weighted by molar-refractivity contribution is 7.99. The third-order valence-corrected chi connectivity index (χ3v) is 3.35. The van der Waals surface area contributed by atoms with E-state index in [1.165, 1.54) is 0 Å². The zero-order valence-electron chi connectivity index (χ0n) is 11.0. The molecule has 0 aliphatic rings. The van der Waals surface area contributed by atoms with Gasteiger partial charge in [0.2, 0.25) is 5.91 Å². The van der Waals surface area contributed by atoms with E-state index < -0.39 is 11.2 Å². The minimum Gasteiger partial charge on any atom is -0.497 e. The van der Waals surface area contributed by atoms with Crippen LogP contribution in [-0.4, -0.2) is 34.0 Å². The first-order valence-electron chi connectivity index (χ1n) is 5.84. The highest BCUT2D eigenvalue weighted by Crippen LogP contribution is 2.16. The number of H-pyrrole nitrogens is 2. The van der Waals surface area contributed by atoms with Crippen molar-refractivity contribution in [2.24, 2.45) is 0 Å². The molecule has 0 bridgehead atoms. The molecule has 1 aromatic carbocycles. The Morgan fingerprint density at radius 2 is 2.05 bits per heavy atom. The van der Waals surface area contributed by atoms with Crippen LogP contribution in [0.15, 0.2) is 38.9 Å².